The van der Waals surface area contributed by atoms with E-state index in [9.17, 15) is 13.2 Å². The van der Waals surface area contributed by atoms with E-state index in [0.29, 0.717) is 25.1 Å². The van der Waals surface area contributed by atoms with Crippen LogP contribution in [-0.2, 0) is 22.0 Å². The number of halogens is 3. The molecule has 1 aromatic carbocycles. The Balaban J connectivity index is 1.78. The Labute approximate surface area is 170 Å². The van der Waals surface area contributed by atoms with Gasteiger partial charge in [0.2, 0.25) is 0 Å². The van der Waals surface area contributed by atoms with Crippen molar-refractivity contribution in [1.82, 2.24) is 9.80 Å². The number of piperazine rings is 1. The molecular formula is C20H30BF3N2O3. The third-order valence-corrected chi connectivity index (χ3v) is 6.24. The fraction of sp³-hybridized carbons (Fsp3) is 0.700. The summed E-state index contributed by atoms with van der Waals surface area (Å²) in [6.07, 6.45) is -4.45. The van der Waals surface area contributed by atoms with Gasteiger partial charge in [0.1, 0.15) is 0 Å². The molecular weight excluding hydrogens is 384 g/mol. The number of alkyl halides is 3. The van der Waals surface area contributed by atoms with E-state index in [4.69, 9.17) is 14.4 Å². The fourth-order valence-electron chi connectivity index (χ4n) is 3.67. The number of hydrogen-bond acceptors (Lipinski definition) is 5. The van der Waals surface area contributed by atoms with Crippen molar-refractivity contribution in [1.29, 1.82) is 0 Å². The lowest BCUT2D eigenvalue weighted by molar-refractivity contribution is -0.138. The summed E-state index contributed by atoms with van der Waals surface area (Å²) in [6, 6.07) is 4.39. The Morgan fingerprint density at radius 2 is 1.55 bits per heavy atom. The first-order chi connectivity index (χ1) is 13.4. The van der Waals surface area contributed by atoms with E-state index in [1.807, 2.05) is 32.6 Å². The first kappa shape index (κ1) is 22.6. The van der Waals surface area contributed by atoms with Crippen LogP contribution < -0.4 is 5.46 Å². The van der Waals surface area contributed by atoms with E-state index in [1.165, 1.54) is 6.07 Å². The predicted octanol–water partition coefficient (Wildman–Crippen LogP) is 2.11. The molecule has 1 aromatic rings. The Bertz CT molecular complexity index is 703. The highest BCUT2D eigenvalue weighted by Crippen LogP contribution is 2.37. The van der Waals surface area contributed by atoms with E-state index in [1.54, 1.807) is 12.1 Å². The van der Waals surface area contributed by atoms with Gasteiger partial charge in [-0.25, -0.2) is 0 Å². The summed E-state index contributed by atoms with van der Waals surface area (Å²) in [6.45, 7) is 11.3. The average Bonchev–Trinajstić information content (AvgIpc) is 2.84. The van der Waals surface area contributed by atoms with Crippen molar-refractivity contribution >= 4 is 12.6 Å². The smallest absolute Gasteiger partial charge is 0.399 e. The third-order valence-electron chi connectivity index (χ3n) is 6.24. The topological polar surface area (TPSA) is 45.2 Å². The van der Waals surface area contributed by atoms with Gasteiger partial charge in [0.15, 0.2) is 0 Å². The molecule has 3 rings (SSSR count). The minimum absolute atomic E-state index is 0.0958. The zero-order chi connectivity index (χ0) is 21.4. The summed E-state index contributed by atoms with van der Waals surface area (Å²) in [5.74, 6) is 0. The molecule has 0 amide bonds. The third kappa shape index (κ3) is 4.96. The number of benzene rings is 1. The van der Waals surface area contributed by atoms with Crippen LogP contribution in [0.4, 0.5) is 13.2 Å². The highest BCUT2D eigenvalue weighted by atomic mass is 19.4. The Morgan fingerprint density at radius 1 is 1.00 bits per heavy atom. The van der Waals surface area contributed by atoms with E-state index in [2.05, 4.69) is 4.90 Å². The Morgan fingerprint density at radius 3 is 2.07 bits per heavy atom. The molecule has 1 N–H and O–H groups in total. The number of β-amino-alcohol motifs (C(OH)–C–C–N with tert-alkyl or cyclic N) is 1. The SMILES string of the molecule is CC1(C)OB(c2ccc(CN3CCN(CCO)CC3)c(C(F)(F)F)c2)OC1(C)C. The molecule has 162 valence electrons. The second kappa shape index (κ2) is 8.19. The molecule has 0 aliphatic carbocycles. The monoisotopic (exact) mass is 414 g/mol. The maximum Gasteiger partial charge on any atom is 0.494 e. The quantitative estimate of drug-likeness (QED) is 0.749. The second-order valence-electron chi connectivity index (χ2n) is 8.84. The van der Waals surface area contributed by atoms with Gasteiger partial charge in [-0.1, -0.05) is 12.1 Å². The van der Waals surface area contributed by atoms with Gasteiger partial charge in [0, 0.05) is 39.3 Å². The lowest BCUT2D eigenvalue weighted by Crippen LogP contribution is -2.46. The van der Waals surface area contributed by atoms with Gasteiger partial charge in [0.25, 0.3) is 0 Å². The maximum absolute atomic E-state index is 13.8. The van der Waals surface area contributed by atoms with Crippen molar-refractivity contribution in [3.63, 3.8) is 0 Å². The zero-order valence-corrected chi connectivity index (χ0v) is 17.6. The van der Waals surface area contributed by atoms with Gasteiger partial charge in [-0.3, -0.25) is 9.80 Å². The Kier molecular flexibility index (Phi) is 6.37. The summed E-state index contributed by atoms with van der Waals surface area (Å²) in [5, 5.41) is 9.03. The molecule has 2 fully saturated rings. The summed E-state index contributed by atoms with van der Waals surface area (Å²) < 4.78 is 53.2. The van der Waals surface area contributed by atoms with Gasteiger partial charge < -0.3 is 14.4 Å². The molecule has 2 aliphatic heterocycles. The van der Waals surface area contributed by atoms with Gasteiger partial charge in [-0.15, -0.1) is 0 Å². The standard InChI is InChI=1S/C20H30BF3N2O3/c1-18(2)19(3,4)29-21(28-18)16-6-5-15(17(13-16)20(22,23)24)14-26-9-7-25(8-10-26)11-12-27/h5-6,13,27H,7-12,14H2,1-4H3. The zero-order valence-electron chi connectivity index (χ0n) is 17.6. The number of rotatable bonds is 5. The minimum Gasteiger partial charge on any atom is -0.399 e. The highest BCUT2D eigenvalue weighted by molar-refractivity contribution is 6.62. The molecule has 0 radical (unpaired) electrons. The molecule has 9 heteroatoms. The summed E-state index contributed by atoms with van der Waals surface area (Å²) in [4.78, 5) is 4.13. The summed E-state index contributed by atoms with van der Waals surface area (Å²) in [7, 11) is -0.822. The first-order valence-corrected chi connectivity index (χ1v) is 10.0. The average molecular weight is 414 g/mol. The summed E-state index contributed by atoms with van der Waals surface area (Å²) >= 11 is 0. The van der Waals surface area contributed by atoms with Crippen molar-refractivity contribution < 1.29 is 27.6 Å². The van der Waals surface area contributed by atoms with Gasteiger partial charge in [0.05, 0.1) is 23.4 Å². The number of aliphatic hydroxyl groups is 1. The van der Waals surface area contributed by atoms with Crippen LogP contribution in [0.1, 0.15) is 38.8 Å². The molecule has 29 heavy (non-hydrogen) atoms. The van der Waals surface area contributed by atoms with E-state index >= 15 is 0 Å². The molecule has 0 unspecified atom stereocenters. The van der Waals surface area contributed by atoms with Crippen molar-refractivity contribution in [2.75, 3.05) is 39.3 Å². The van der Waals surface area contributed by atoms with E-state index in [0.717, 1.165) is 13.1 Å². The van der Waals surface area contributed by atoms with Crippen LogP contribution in [0.25, 0.3) is 0 Å². The van der Waals surface area contributed by atoms with Crippen LogP contribution in [-0.4, -0.2) is 72.6 Å². The fourth-order valence-corrected chi connectivity index (χ4v) is 3.67. The van der Waals surface area contributed by atoms with E-state index in [-0.39, 0.29) is 18.7 Å². The van der Waals surface area contributed by atoms with Crippen LogP contribution in [0.15, 0.2) is 18.2 Å². The molecule has 0 saturated carbocycles. The van der Waals surface area contributed by atoms with Crippen LogP contribution in [0, 0.1) is 0 Å². The van der Waals surface area contributed by atoms with Gasteiger partial charge >= 0.3 is 13.3 Å². The van der Waals surface area contributed by atoms with Crippen LogP contribution in [0.5, 0.6) is 0 Å². The van der Waals surface area contributed by atoms with Crippen molar-refractivity contribution in [2.24, 2.45) is 0 Å². The van der Waals surface area contributed by atoms with Crippen LogP contribution in [0.2, 0.25) is 0 Å². The van der Waals surface area contributed by atoms with Crippen molar-refractivity contribution in [3.05, 3.63) is 29.3 Å². The van der Waals surface area contributed by atoms with Crippen LogP contribution in [0.3, 0.4) is 0 Å². The molecule has 2 aliphatic rings. The Hall–Kier alpha value is -1.13. The largest absolute Gasteiger partial charge is 0.494 e. The first-order valence-electron chi connectivity index (χ1n) is 10.0. The number of nitrogens with zero attached hydrogens (tertiary/aromatic N) is 2. The highest BCUT2D eigenvalue weighted by Gasteiger charge is 2.52. The molecule has 2 heterocycles. The molecule has 0 atom stereocenters. The molecule has 0 spiro atoms. The van der Waals surface area contributed by atoms with Gasteiger partial charge in [-0.2, -0.15) is 13.2 Å². The maximum atomic E-state index is 13.8. The second-order valence-corrected chi connectivity index (χ2v) is 8.84. The van der Waals surface area contributed by atoms with Crippen molar-refractivity contribution in [2.45, 2.75) is 51.6 Å². The molecule has 0 aromatic heterocycles. The lowest BCUT2D eigenvalue weighted by Gasteiger charge is -2.34. The number of aliphatic hydroxyl groups excluding tert-OH is 1. The van der Waals surface area contributed by atoms with E-state index < -0.39 is 30.1 Å². The van der Waals surface area contributed by atoms with Crippen LogP contribution >= 0.6 is 0 Å². The van der Waals surface area contributed by atoms with Gasteiger partial charge in [-0.05, 0) is 44.8 Å². The molecule has 5 nitrogen and oxygen atoms in total. The van der Waals surface area contributed by atoms with Crippen molar-refractivity contribution in [3.8, 4) is 0 Å². The molecule has 2 saturated heterocycles. The molecule has 0 bridgehead atoms. The summed E-state index contributed by atoms with van der Waals surface area (Å²) in [5.41, 5.74) is -1.21. The predicted molar refractivity (Wildman–Crippen MR) is 106 cm³/mol. The minimum atomic E-state index is -4.45. The normalized spacial score (nSPS) is 23.0. The number of hydrogen-bond donors (Lipinski definition) is 1. The lowest BCUT2D eigenvalue weighted by atomic mass is 9.77.